The van der Waals surface area contributed by atoms with Gasteiger partial charge in [-0.05, 0) is 45.4 Å². The van der Waals surface area contributed by atoms with Crippen LogP contribution in [0.25, 0.3) is 0 Å². The van der Waals surface area contributed by atoms with E-state index in [1.165, 1.54) is 0 Å². The molecule has 112 valence electrons. The van der Waals surface area contributed by atoms with Crippen molar-refractivity contribution in [2.45, 2.75) is 44.2 Å². The molecule has 1 rings (SSSR count). The lowest BCUT2D eigenvalue weighted by molar-refractivity contribution is -0.117. The van der Waals surface area contributed by atoms with Gasteiger partial charge in [0.1, 0.15) is 0 Å². The van der Waals surface area contributed by atoms with Crippen molar-refractivity contribution in [1.82, 2.24) is 0 Å². The fourth-order valence-electron chi connectivity index (χ4n) is 1.38. The Labute approximate surface area is 120 Å². The number of nitrogens with two attached hydrogens (primary N) is 1. The SMILES string of the molecule is C[C@@H](N)C(=O)Nc1ccc(CS(=O)(=O)C(C)(C)C)cc1. The predicted octanol–water partition coefficient (Wildman–Crippen LogP) is 1.69. The maximum Gasteiger partial charge on any atom is 0.240 e. The Bertz CT molecular complexity index is 569. The number of carbonyl (C=O) groups excluding carboxylic acids is 1. The van der Waals surface area contributed by atoms with Crippen molar-refractivity contribution in [2.24, 2.45) is 5.73 Å². The molecule has 0 aromatic heterocycles. The second kappa shape index (κ2) is 5.93. The van der Waals surface area contributed by atoms with Crippen LogP contribution in [0.5, 0.6) is 0 Å². The number of nitrogens with one attached hydrogen (secondary N) is 1. The van der Waals surface area contributed by atoms with Crippen molar-refractivity contribution in [3.8, 4) is 0 Å². The Morgan fingerprint density at radius 2 is 1.75 bits per heavy atom. The molecular weight excluding hydrogens is 276 g/mol. The monoisotopic (exact) mass is 298 g/mol. The first-order valence-corrected chi connectivity index (χ1v) is 8.06. The van der Waals surface area contributed by atoms with Crippen LogP contribution in [-0.4, -0.2) is 25.1 Å². The number of anilines is 1. The van der Waals surface area contributed by atoms with E-state index in [0.29, 0.717) is 11.3 Å². The molecule has 1 aromatic carbocycles. The normalized spacial score (nSPS) is 13.8. The summed E-state index contributed by atoms with van der Waals surface area (Å²) >= 11 is 0. The van der Waals surface area contributed by atoms with Crippen molar-refractivity contribution in [3.63, 3.8) is 0 Å². The summed E-state index contributed by atoms with van der Waals surface area (Å²) in [6.45, 7) is 6.64. The van der Waals surface area contributed by atoms with Gasteiger partial charge in [0.25, 0.3) is 0 Å². The van der Waals surface area contributed by atoms with Crippen LogP contribution in [-0.2, 0) is 20.4 Å². The number of sulfone groups is 1. The van der Waals surface area contributed by atoms with Crippen LogP contribution in [0.1, 0.15) is 33.3 Å². The van der Waals surface area contributed by atoms with Crippen LogP contribution in [0.15, 0.2) is 24.3 Å². The van der Waals surface area contributed by atoms with Crippen molar-refractivity contribution in [1.29, 1.82) is 0 Å². The molecule has 0 aliphatic rings. The smallest absolute Gasteiger partial charge is 0.240 e. The van der Waals surface area contributed by atoms with Crippen molar-refractivity contribution in [3.05, 3.63) is 29.8 Å². The standard InChI is InChI=1S/C14H22N2O3S/c1-10(15)13(17)16-12-7-5-11(6-8-12)9-20(18,19)14(2,3)4/h5-8,10H,9,15H2,1-4H3,(H,16,17)/t10-/m1/s1. The van der Waals surface area contributed by atoms with Crippen LogP contribution < -0.4 is 11.1 Å². The predicted molar refractivity (Wildman–Crippen MR) is 81.1 cm³/mol. The van der Waals surface area contributed by atoms with Gasteiger partial charge in [0, 0.05) is 5.69 Å². The lowest BCUT2D eigenvalue weighted by Crippen LogP contribution is -2.32. The van der Waals surface area contributed by atoms with Gasteiger partial charge in [0.2, 0.25) is 5.91 Å². The molecule has 0 heterocycles. The average Bonchev–Trinajstić information content (AvgIpc) is 2.29. The number of rotatable bonds is 4. The van der Waals surface area contributed by atoms with Crippen molar-refractivity contribution < 1.29 is 13.2 Å². The van der Waals surface area contributed by atoms with Gasteiger partial charge in [-0.1, -0.05) is 12.1 Å². The third-order valence-corrected chi connectivity index (χ3v) is 5.50. The number of carbonyl (C=O) groups is 1. The van der Waals surface area contributed by atoms with E-state index in [-0.39, 0.29) is 11.7 Å². The average molecular weight is 298 g/mol. The number of amides is 1. The van der Waals surface area contributed by atoms with E-state index in [1.807, 2.05) is 0 Å². The van der Waals surface area contributed by atoms with Gasteiger partial charge in [-0.3, -0.25) is 4.79 Å². The molecule has 20 heavy (non-hydrogen) atoms. The minimum absolute atomic E-state index is 0.0159. The maximum absolute atomic E-state index is 12.1. The summed E-state index contributed by atoms with van der Waals surface area (Å²) in [6, 6.07) is 6.15. The molecule has 5 nitrogen and oxygen atoms in total. The van der Waals surface area contributed by atoms with E-state index in [0.717, 1.165) is 0 Å². The zero-order chi connectivity index (χ0) is 15.6. The third-order valence-electron chi connectivity index (χ3n) is 2.92. The number of benzene rings is 1. The molecule has 1 atom stereocenters. The van der Waals surface area contributed by atoms with E-state index in [1.54, 1.807) is 52.0 Å². The Hall–Kier alpha value is -1.40. The molecule has 1 aromatic rings. The highest BCUT2D eigenvalue weighted by Crippen LogP contribution is 2.21. The molecule has 0 saturated carbocycles. The van der Waals surface area contributed by atoms with Gasteiger partial charge >= 0.3 is 0 Å². The van der Waals surface area contributed by atoms with E-state index in [4.69, 9.17) is 5.73 Å². The first-order chi connectivity index (χ1) is 9.03. The highest BCUT2D eigenvalue weighted by Gasteiger charge is 2.28. The molecule has 3 N–H and O–H groups in total. The maximum atomic E-state index is 12.1. The molecule has 0 radical (unpaired) electrons. The van der Waals surface area contributed by atoms with E-state index in [2.05, 4.69) is 5.32 Å². The van der Waals surface area contributed by atoms with Crippen LogP contribution in [0.2, 0.25) is 0 Å². The second-order valence-electron chi connectivity index (χ2n) is 5.85. The number of hydrogen-bond acceptors (Lipinski definition) is 4. The van der Waals surface area contributed by atoms with Gasteiger partial charge < -0.3 is 11.1 Å². The molecule has 0 bridgehead atoms. The Kier molecular flexibility index (Phi) is 4.94. The van der Waals surface area contributed by atoms with Crippen molar-refractivity contribution in [2.75, 3.05) is 5.32 Å². The molecule has 1 amide bonds. The van der Waals surface area contributed by atoms with E-state index < -0.39 is 20.6 Å². The van der Waals surface area contributed by atoms with Crippen LogP contribution >= 0.6 is 0 Å². The summed E-state index contributed by atoms with van der Waals surface area (Å²) in [7, 11) is -3.21. The Morgan fingerprint density at radius 3 is 2.15 bits per heavy atom. The summed E-state index contributed by atoms with van der Waals surface area (Å²) < 4.78 is 23.4. The summed E-state index contributed by atoms with van der Waals surface area (Å²) in [5.74, 6) is -0.294. The lowest BCUT2D eigenvalue weighted by atomic mass is 10.2. The van der Waals surface area contributed by atoms with Gasteiger partial charge in [0.05, 0.1) is 16.5 Å². The van der Waals surface area contributed by atoms with Gasteiger partial charge in [-0.2, -0.15) is 0 Å². The second-order valence-corrected chi connectivity index (χ2v) is 8.59. The third kappa shape index (κ3) is 4.31. The van der Waals surface area contributed by atoms with Crippen LogP contribution in [0.3, 0.4) is 0 Å². The first kappa shape index (κ1) is 16.7. The molecule has 0 unspecified atom stereocenters. The summed E-state index contributed by atoms with van der Waals surface area (Å²) in [4.78, 5) is 11.4. The number of hydrogen-bond donors (Lipinski definition) is 2. The molecule has 0 aliphatic heterocycles. The van der Waals surface area contributed by atoms with Crippen LogP contribution in [0, 0.1) is 0 Å². The lowest BCUT2D eigenvalue weighted by Gasteiger charge is -2.19. The Morgan fingerprint density at radius 1 is 1.25 bits per heavy atom. The largest absolute Gasteiger partial charge is 0.325 e. The topological polar surface area (TPSA) is 89.3 Å². The summed E-state index contributed by atoms with van der Waals surface area (Å²) in [5, 5.41) is 2.65. The van der Waals surface area contributed by atoms with Gasteiger partial charge in [-0.25, -0.2) is 8.42 Å². The zero-order valence-corrected chi connectivity index (χ0v) is 13.1. The minimum Gasteiger partial charge on any atom is -0.325 e. The van der Waals surface area contributed by atoms with E-state index in [9.17, 15) is 13.2 Å². The fraction of sp³-hybridized carbons (Fsp3) is 0.500. The zero-order valence-electron chi connectivity index (χ0n) is 12.3. The summed E-state index contributed by atoms with van der Waals surface area (Å²) in [5.41, 5.74) is 6.75. The molecule has 6 heteroatoms. The van der Waals surface area contributed by atoms with E-state index >= 15 is 0 Å². The highest BCUT2D eigenvalue weighted by atomic mass is 32.2. The fourth-order valence-corrected chi connectivity index (χ4v) is 2.44. The molecular formula is C14H22N2O3S. The quantitative estimate of drug-likeness (QED) is 0.885. The molecule has 0 spiro atoms. The Balaban J connectivity index is 2.81. The molecule has 0 aliphatic carbocycles. The summed E-state index contributed by atoms with van der Waals surface area (Å²) in [6.07, 6.45) is 0. The molecule has 0 saturated heterocycles. The van der Waals surface area contributed by atoms with Gasteiger partial charge in [0.15, 0.2) is 9.84 Å². The van der Waals surface area contributed by atoms with Crippen molar-refractivity contribution >= 4 is 21.4 Å². The highest BCUT2D eigenvalue weighted by molar-refractivity contribution is 7.91. The minimum atomic E-state index is -3.21. The van der Waals surface area contributed by atoms with Gasteiger partial charge in [-0.15, -0.1) is 0 Å². The first-order valence-electron chi connectivity index (χ1n) is 6.40. The molecule has 0 fully saturated rings. The van der Waals surface area contributed by atoms with Crippen LogP contribution in [0.4, 0.5) is 5.69 Å².